The summed E-state index contributed by atoms with van der Waals surface area (Å²) < 4.78 is 6.05. The minimum absolute atomic E-state index is 0.532. The SMILES string of the molecule is Cc1ccc(C(O)c2nc(Br)cs2)o1. The van der Waals surface area contributed by atoms with Gasteiger partial charge >= 0.3 is 0 Å². The largest absolute Gasteiger partial charge is 0.463 e. The number of furan rings is 1. The molecule has 0 spiro atoms. The molecule has 0 aliphatic rings. The molecule has 1 N–H and O–H groups in total. The van der Waals surface area contributed by atoms with Gasteiger partial charge in [-0.2, -0.15) is 0 Å². The lowest BCUT2D eigenvalue weighted by Gasteiger charge is -2.02. The third-order valence-corrected chi connectivity index (χ3v) is 3.36. The van der Waals surface area contributed by atoms with Crippen molar-refractivity contribution in [2.45, 2.75) is 13.0 Å². The normalized spacial score (nSPS) is 13.1. The van der Waals surface area contributed by atoms with E-state index in [1.165, 1.54) is 11.3 Å². The number of rotatable bonds is 2. The fourth-order valence-corrected chi connectivity index (χ4v) is 2.37. The molecule has 0 aliphatic heterocycles. The van der Waals surface area contributed by atoms with Crippen molar-refractivity contribution in [2.75, 3.05) is 0 Å². The molecular formula is C9H8BrNO2S. The van der Waals surface area contributed by atoms with Crippen LogP contribution in [-0.4, -0.2) is 10.1 Å². The van der Waals surface area contributed by atoms with Crippen LogP contribution in [0, 0.1) is 6.92 Å². The lowest BCUT2D eigenvalue weighted by molar-refractivity contribution is 0.187. The maximum atomic E-state index is 9.85. The van der Waals surface area contributed by atoms with Gasteiger partial charge in [0.2, 0.25) is 0 Å². The summed E-state index contributed by atoms with van der Waals surface area (Å²) in [6, 6.07) is 3.58. The number of aromatic nitrogens is 1. The van der Waals surface area contributed by atoms with E-state index in [0.29, 0.717) is 10.8 Å². The van der Waals surface area contributed by atoms with Crippen LogP contribution in [0.15, 0.2) is 26.5 Å². The fraction of sp³-hybridized carbons (Fsp3) is 0.222. The number of aliphatic hydroxyl groups excluding tert-OH is 1. The van der Waals surface area contributed by atoms with E-state index in [2.05, 4.69) is 20.9 Å². The highest BCUT2D eigenvalue weighted by atomic mass is 79.9. The summed E-state index contributed by atoms with van der Waals surface area (Å²) in [6.07, 6.45) is -0.764. The van der Waals surface area contributed by atoms with Crippen LogP contribution in [-0.2, 0) is 0 Å². The van der Waals surface area contributed by atoms with E-state index >= 15 is 0 Å². The standard InChI is InChI=1S/C9H8BrNO2S/c1-5-2-3-6(13-5)8(12)9-11-7(10)4-14-9/h2-4,8,12H,1H3. The van der Waals surface area contributed by atoms with Gasteiger partial charge in [-0.05, 0) is 35.0 Å². The Hall–Kier alpha value is -0.650. The third-order valence-electron chi connectivity index (χ3n) is 1.76. The Morgan fingerprint density at radius 1 is 1.57 bits per heavy atom. The van der Waals surface area contributed by atoms with Crippen molar-refractivity contribution in [3.05, 3.63) is 38.6 Å². The van der Waals surface area contributed by atoms with Crippen molar-refractivity contribution in [2.24, 2.45) is 0 Å². The first-order valence-electron chi connectivity index (χ1n) is 4.02. The first-order valence-corrected chi connectivity index (χ1v) is 5.69. The van der Waals surface area contributed by atoms with Crippen LogP contribution < -0.4 is 0 Å². The van der Waals surface area contributed by atoms with E-state index in [-0.39, 0.29) is 0 Å². The maximum Gasteiger partial charge on any atom is 0.163 e. The van der Waals surface area contributed by atoms with Crippen LogP contribution in [0.3, 0.4) is 0 Å². The summed E-state index contributed by atoms with van der Waals surface area (Å²) >= 11 is 4.63. The van der Waals surface area contributed by atoms with Crippen LogP contribution in [0.5, 0.6) is 0 Å². The van der Waals surface area contributed by atoms with Crippen molar-refractivity contribution in [3.63, 3.8) is 0 Å². The molecule has 14 heavy (non-hydrogen) atoms. The Morgan fingerprint density at radius 3 is 2.86 bits per heavy atom. The summed E-state index contributed by atoms with van der Waals surface area (Å²) in [4.78, 5) is 4.12. The Bertz CT molecular complexity index is 397. The average Bonchev–Trinajstić information content (AvgIpc) is 2.73. The van der Waals surface area contributed by atoms with Gasteiger partial charge in [0.05, 0.1) is 0 Å². The molecule has 2 heterocycles. The quantitative estimate of drug-likeness (QED) is 0.915. The van der Waals surface area contributed by atoms with Gasteiger partial charge in [-0.3, -0.25) is 0 Å². The molecule has 2 aromatic rings. The zero-order valence-electron chi connectivity index (χ0n) is 7.40. The van der Waals surface area contributed by atoms with Gasteiger partial charge in [-0.15, -0.1) is 11.3 Å². The smallest absolute Gasteiger partial charge is 0.163 e. The second-order valence-electron chi connectivity index (χ2n) is 2.86. The van der Waals surface area contributed by atoms with Crippen LogP contribution in [0.2, 0.25) is 0 Å². The van der Waals surface area contributed by atoms with E-state index in [4.69, 9.17) is 4.42 Å². The molecule has 0 saturated carbocycles. The zero-order chi connectivity index (χ0) is 10.1. The van der Waals surface area contributed by atoms with Crippen LogP contribution in [0.4, 0.5) is 0 Å². The van der Waals surface area contributed by atoms with Crippen LogP contribution in [0.25, 0.3) is 0 Å². The Morgan fingerprint density at radius 2 is 2.36 bits per heavy atom. The summed E-state index contributed by atoms with van der Waals surface area (Å²) in [5.74, 6) is 1.32. The van der Waals surface area contributed by atoms with Crippen molar-refractivity contribution < 1.29 is 9.52 Å². The summed E-state index contributed by atoms with van der Waals surface area (Å²) in [7, 11) is 0. The van der Waals surface area contributed by atoms with Gasteiger partial charge in [0.1, 0.15) is 21.1 Å². The molecule has 0 bridgehead atoms. The highest BCUT2D eigenvalue weighted by Gasteiger charge is 2.17. The number of halogens is 1. The lowest BCUT2D eigenvalue weighted by atomic mass is 10.3. The van der Waals surface area contributed by atoms with E-state index in [9.17, 15) is 5.11 Å². The molecule has 0 radical (unpaired) electrons. The third kappa shape index (κ3) is 1.89. The molecule has 0 aliphatic carbocycles. The Balaban J connectivity index is 2.28. The summed E-state index contributed by atoms with van der Waals surface area (Å²) in [6.45, 7) is 1.84. The zero-order valence-corrected chi connectivity index (χ0v) is 9.80. The molecule has 0 amide bonds. The summed E-state index contributed by atoms with van der Waals surface area (Å²) in [5, 5.41) is 12.3. The van der Waals surface area contributed by atoms with Crippen LogP contribution in [0.1, 0.15) is 22.6 Å². The molecule has 5 heteroatoms. The van der Waals surface area contributed by atoms with E-state index in [1.807, 2.05) is 18.4 Å². The Kier molecular flexibility index (Phi) is 2.71. The molecular weight excluding hydrogens is 266 g/mol. The molecule has 2 rings (SSSR count). The van der Waals surface area contributed by atoms with Crippen molar-refractivity contribution >= 4 is 27.3 Å². The maximum absolute atomic E-state index is 9.85. The first-order chi connectivity index (χ1) is 6.66. The van der Waals surface area contributed by atoms with E-state index in [0.717, 1.165) is 10.4 Å². The molecule has 0 fully saturated rings. The predicted molar refractivity (Wildman–Crippen MR) is 57.3 cm³/mol. The summed E-state index contributed by atoms with van der Waals surface area (Å²) in [5.41, 5.74) is 0. The molecule has 3 nitrogen and oxygen atoms in total. The number of aryl methyl sites for hydroxylation is 1. The van der Waals surface area contributed by atoms with Gasteiger partial charge in [-0.1, -0.05) is 0 Å². The highest BCUT2D eigenvalue weighted by Crippen LogP contribution is 2.27. The molecule has 0 saturated heterocycles. The minimum Gasteiger partial charge on any atom is -0.463 e. The lowest BCUT2D eigenvalue weighted by Crippen LogP contribution is -1.96. The van der Waals surface area contributed by atoms with Crippen molar-refractivity contribution in [1.82, 2.24) is 4.98 Å². The van der Waals surface area contributed by atoms with Crippen molar-refractivity contribution in [1.29, 1.82) is 0 Å². The number of aliphatic hydroxyl groups is 1. The average molecular weight is 274 g/mol. The molecule has 0 aromatic carbocycles. The highest BCUT2D eigenvalue weighted by molar-refractivity contribution is 9.10. The number of hydrogen-bond acceptors (Lipinski definition) is 4. The van der Waals surface area contributed by atoms with Gasteiger partial charge in [0.15, 0.2) is 6.10 Å². The number of thiazole rings is 1. The second-order valence-corrected chi connectivity index (χ2v) is 4.56. The van der Waals surface area contributed by atoms with Crippen molar-refractivity contribution in [3.8, 4) is 0 Å². The molecule has 2 aromatic heterocycles. The fourth-order valence-electron chi connectivity index (χ4n) is 1.11. The molecule has 74 valence electrons. The molecule has 1 atom stereocenters. The van der Waals surface area contributed by atoms with Gasteiger partial charge in [0, 0.05) is 5.38 Å². The van der Waals surface area contributed by atoms with E-state index < -0.39 is 6.10 Å². The monoisotopic (exact) mass is 273 g/mol. The number of hydrogen-bond donors (Lipinski definition) is 1. The second kappa shape index (κ2) is 3.84. The topological polar surface area (TPSA) is 46.3 Å². The Labute approximate surface area is 93.5 Å². The number of nitrogens with zero attached hydrogens (tertiary/aromatic N) is 1. The first kappa shape index (κ1) is 9.89. The van der Waals surface area contributed by atoms with Gasteiger partial charge in [0.25, 0.3) is 0 Å². The van der Waals surface area contributed by atoms with Crippen LogP contribution >= 0.6 is 27.3 Å². The minimum atomic E-state index is -0.764. The van der Waals surface area contributed by atoms with E-state index in [1.54, 1.807) is 6.07 Å². The van der Waals surface area contributed by atoms with Gasteiger partial charge in [-0.25, -0.2) is 4.98 Å². The predicted octanol–water partition coefficient (Wildman–Crippen LogP) is 2.89. The van der Waals surface area contributed by atoms with Gasteiger partial charge < -0.3 is 9.52 Å². The molecule has 1 unspecified atom stereocenters.